The van der Waals surface area contributed by atoms with E-state index in [1.165, 1.54) is 0 Å². The second kappa shape index (κ2) is 6.54. The minimum absolute atomic E-state index is 0.101. The van der Waals surface area contributed by atoms with Crippen LogP contribution in [0, 0.1) is 5.41 Å². The maximum atomic E-state index is 12.3. The number of nitrogens with one attached hydrogen (secondary N) is 2. The summed E-state index contributed by atoms with van der Waals surface area (Å²) >= 11 is 3.35. The van der Waals surface area contributed by atoms with E-state index >= 15 is 0 Å². The van der Waals surface area contributed by atoms with Gasteiger partial charge in [-0.3, -0.25) is 4.79 Å². The van der Waals surface area contributed by atoms with Crippen molar-refractivity contribution >= 4 is 27.7 Å². The lowest BCUT2D eigenvalue weighted by molar-refractivity contribution is 0.0238. The van der Waals surface area contributed by atoms with Gasteiger partial charge in [-0.25, -0.2) is 4.98 Å². The highest BCUT2D eigenvalue weighted by atomic mass is 79.9. The topological polar surface area (TPSA) is 63.2 Å². The molecule has 5 nitrogen and oxygen atoms in total. The van der Waals surface area contributed by atoms with Crippen molar-refractivity contribution in [2.24, 2.45) is 5.41 Å². The molecule has 1 saturated heterocycles. The monoisotopic (exact) mass is 341 g/mol. The minimum Gasteiger partial charge on any atom is -0.381 e. The summed E-state index contributed by atoms with van der Waals surface area (Å²) in [6.07, 6.45) is 3.62. The van der Waals surface area contributed by atoms with Gasteiger partial charge in [0.05, 0.1) is 5.56 Å². The van der Waals surface area contributed by atoms with Crippen molar-refractivity contribution in [2.45, 2.75) is 19.8 Å². The molecule has 0 atom stereocenters. The van der Waals surface area contributed by atoms with Crippen molar-refractivity contribution < 1.29 is 9.53 Å². The van der Waals surface area contributed by atoms with Gasteiger partial charge in [0.25, 0.3) is 5.91 Å². The van der Waals surface area contributed by atoms with Crippen molar-refractivity contribution in [3.05, 3.63) is 22.3 Å². The Morgan fingerprint density at radius 2 is 2.20 bits per heavy atom. The van der Waals surface area contributed by atoms with Crippen LogP contribution in [0.15, 0.2) is 16.7 Å². The van der Waals surface area contributed by atoms with Crippen LogP contribution in [0.2, 0.25) is 0 Å². The number of hydrogen-bond donors (Lipinski definition) is 2. The van der Waals surface area contributed by atoms with Crippen LogP contribution < -0.4 is 10.6 Å². The van der Waals surface area contributed by atoms with Gasteiger partial charge >= 0.3 is 0 Å². The SMILES string of the molecule is CNc1ncc(Br)cc1C(=O)NCC1(C)CCOCC1. The van der Waals surface area contributed by atoms with E-state index < -0.39 is 0 Å². The first-order valence-electron chi connectivity index (χ1n) is 6.73. The average Bonchev–Trinajstić information content (AvgIpc) is 2.45. The summed E-state index contributed by atoms with van der Waals surface area (Å²) < 4.78 is 6.16. The molecule has 1 aliphatic heterocycles. The predicted octanol–water partition coefficient (Wildman–Crippen LogP) is 2.43. The number of amides is 1. The summed E-state index contributed by atoms with van der Waals surface area (Å²) in [6, 6.07) is 1.78. The third-order valence-corrected chi connectivity index (χ3v) is 4.15. The first-order chi connectivity index (χ1) is 9.54. The number of halogens is 1. The summed E-state index contributed by atoms with van der Waals surface area (Å²) in [7, 11) is 1.76. The van der Waals surface area contributed by atoms with Crippen LogP contribution in [0.1, 0.15) is 30.1 Å². The molecular weight excluding hydrogens is 322 g/mol. The van der Waals surface area contributed by atoms with Crippen LogP contribution in [0.4, 0.5) is 5.82 Å². The van der Waals surface area contributed by atoms with Gasteiger partial charge in [-0.2, -0.15) is 0 Å². The molecular formula is C14H20BrN3O2. The molecule has 0 saturated carbocycles. The van der Waals surface area contributed by atoms with Gasteiger partial charge < -0.3 is 15.4 Å². The molecule has 1 aromatic rings. The van der Waals surface area contributed by atoms with E-state index in [0.717, 1.165) is 30.5 Å². The van der Waals surface area contributed by atoms with E-state index in [1.807, 2.05) is 0 Å². The van der Waals surface area contributed by atoms with Crippen molar-refractivity contribution in [2.75, 3.05) is 32.1 Å². The summed E-state index contributed by atoms with van der Waals surface area (Å²) in [4.78, 5) is 16.5. The number of nitrogens with zero attached hydrogens (tertiary/aromatic N) is 1. The fourth-order valence-electron chi connectivity index (χ4n) is 2.24. The Bertz CT molecular complexity index is 487. The molecule has 2 N–H and O–H groups in total. The van der Waals surface area contributed by atoms with Crippen molar-refractivity contribution in [1.82, 2.24) is 10.3 Å². The number of rotatable bonds is 4. The Kier molecular flexibility index (Phi) is 4.99. The first kappa shape index (κ1) is 15.3. The van der Waals surface area contributed by atoms with Crippen molar-refractivity contribution in [3.8, 4) is 0 Å². The van der Waals surface area contributed by atoms with E-state index in [-0.39, 0.29) is 11.3 Å². The van der Waals surface area contributed by atoms with Crippen molar-refractivity contribution in [1.29, 1.82) is 0 Å². The Hall–Kier alpha value is -1.14. The molecule has 110 valence electrons. The zero-order chi connectivity index (χ0) is 14.6. The quantitative estimate of drug-likeness (QED) is 0.882. The second-order valence-electron chi connectivity index (χ2n) is 5.41. The fraction of sp³-hybridized carbons (Fsp3) is 0.571. The molecule has 2 heterocycles. The molecule has 20 heavy (non-hydrogen) atoms. The molecule has 1 aliphatic rings. The van der Waals surface area contributed by atoms with E-state index in [0.29, 0.717) is 17.9 Å². The van der Waals surface area contributed by atoms with Gasteiger partial charge in [-0.05, 0) is 40.3 Å². The van der Waals surface area contributed by atoms with E-state index in [9.17, 15) is 4.79 Å². The maximum absolute atomic E-state index is 12.3. The third-order valence-electron chi connectivity index (χ3n) is 3.71. The number of aromatic nitrogens is 1. The largest absolute Gasteiger partial charge is 0.381 e. The number of ether oxygens (including phenoxy) is 1. The van der Waals surface area contributed by atoms with Crippen LogP contribution in [-0.4, -0.2) is 37.7 Å². The van der Waals surface area contributed by atoms with E-state index in [2.05, 4.69) is 38.5 Å². The van der Waals surface area contributed by atoms with Gasteiger partial charge in [-0.15, -0.1) is 0 Å². The minimum atomic E-state index is -0.101. The molecule has 0 aliphatic carbocycles. The van der Waals surface area contributed by atoms with E-state index in [1.54, 1.807) is 19.3 Å². The molecule has 2 rings (SSSR count). The Balaban J connectivity index is 2.03. The standard InChI is InChI=1S/C14H20BrN3O2/c1-14(3-5-20-6-4-14)9-18-13(19)11-7-10(15)8-17-12(11)16-2/h7-8H,3-6,9H2,1-2H3,(H,16,17)(H,18,19). The summed E-state index contributed by atoms with van der Waals surface area (Å²) in [5.74, 6) is 0.485. The molecule has 1 amide bonds. The van der Waals surface area contributed by atoms with Crippen LogP contribution in [0.5, 0.6) is 0 Å². The highest BCUT2D eigenvalue weighted by Crippen LogP contribution is 2.29. The number of carbonyl (C=O) groups is 1. The Labute approximate surface area is 127 Å². The molecule has 6 heteroatoms. The zero-order valence-corrected chi connectivity index (χ0v) is 13.4. The molecule has 1 aromatic heterocycles. The van der Waals surface area contributed by atoms with Crippen LogP contribution in [0.3, 0.4) is 0 Å². The Morgan fingerprint density at radius 3 is 2.85 bits per heavy atom. The predicted molar refractivity (Wildman–Crippen MR) is 82.0 cm³/mol. The van der Waals surface area contributed by atoms with Gasteiger partial charge in [0.2, 0.25) is 0 Å². The van der Waals surface area contributed by atoms with Crippen LogP contribution >= 0.6 is 15.9 Å². The summed E-state index contributed by atoms with van der Waals surface area (Å²) in [6.45, 7) is 4.39. The lowest BCUT2D eigenvalue weighted by Gasteiger charge is -2.33. The van der Waals surface area contributed by atoms with Gasteiger partial charge in [0.15, 0.2) is 0 Å². The fourth-order valence-corrected chi connectivity index (χ4v) is 2.57. The van der Waals surface area contributed by atoms with Gasteiger partial charge in [-0.1, -0.05) is 6.92 Å². The molecule has 0 spiro atoms. The molecule has 0 radical (unpaired) electrons. The van der Waals surface area contributed by atoms with Crippen molar-refractivity contribution in [3.63, 3.8) is 0 Å². The number of hydrogen-bond acceptors (Lipinski definition) is 4. The van der Waals surface area contributed by atoms with E-state index in [4.69, 9.17) is 4.74 Å². The van der Waals surface area contributed by atoms with Crippen LogP contribution in [0.25, 0.3) is 0 Å². The molecule has 1 fully saturated rings. The molecule has 0 unspecified atom stereocenters. The third kappa shape index (κ3) is 3.70. The van der Waals surface area contributed by atoms with Gasteiger partial charge in [0.1, 0.15) is 5.82 Å². The second-order valence-corrected chi connectivity index (χ2v) is 6.32. The number of pyridine rings is 1. The zero-order valence-electron chi connectivity index (χ0n) is 11.8. The number of carbonyl (C=O) groups excluding carboxylic acids is 1. The highest BCUT2D eigenvalue weighted by Gasteiger charge is 2.28. The summed E-state index contributed by atoms with van der Waals surface area (Å²) in [5.41, 5.74) is 0.671. The smallest absolute Gasteiger partial charge is 0.255 e. The lowest BCUT2D eigenvalue weighted by Crippen LogP contribution is -2.39. The highest BCUT2D eigenvalue weighted by molar-refractivity contribution is 9.10. The molecule has 0 aromatic carbocycles. The number of anilines is 1. The van der Waals surface area contributed by atoms with Crippen LogP contribution in [-0.2, 0) is 4.74 Å². The summed E-state index contributed by atoms with van der Waals surface area (Å²) in [5, 5.41) is 5.95. The lowest BCUT2D eigenvalue weighted by atomic mass is 9.82. The van der Waals surface area contributed by atoms with Gasteiger partial charge in [0, 0.05) is 37.5 Å². The molecule has 0 bridgehead atoms. The normalized spacial score (nSPS) is 17.6. The first-order valence-corrected chi connectivity index (χ1v) is 7.53. The maximum Gasteiger partial charge on any atom is 0.255 e. The Morgan fingerprint density at radius 1 is 1.50 bits per heavy atom. The average molecular weight is 342 g/mol.